The van der Waals surface area contributed by atoms with Gasteiger partial charge < -0.3 is 0 Å². The van der Waals surface area contributed by atoms with Crippen LogP contribution < -0.4 is 0 Å². The van der Waals surface area contributed by atoms with Crippen molar-refractivity contribution in [3.63, 3.8) is 0 Å². The molecule has 0 spiro atoms. The zero-order valence-corrected chi connectivity index (χ0v) is 19.2. The van der Waals surface area contributed by atoms with Crippen molar-refractivity contribution in [2.24, 2.45) is 17.3 Å². The molecule has 1 N–H and O–H groups in total. The Labute approximate surface area is 190 Å². The Kier molecular flexibility index (Phi) is 5.88. The maximum absolute atomic E-state index is 12.0. The first-order chi connectivity index (χ1) is 15.4. The topological polar surface area (TPSA) is 76.1 Å². The van der Waals surface area contributed by atoms with Crippen LogP contribution >= 0.6 is 0 Å². The van der Waals surface area contributed by atoms with Crippen molar-refractivity contribution in [2.45, 2.75) is 64.1 Å². The molecule has 172 valence electrons. The van der Waals surface area contributed by atoms with Crippen LogP contribution in [0.1, 0.15) is 61.6 Å². The van der Waals surface area contributed by atoms with Crippen molar-refractivity contribution in [1.29, 1.82) is 0 Å². The zero-order chi connectivity index (χ0) is 22.3. The van der Waals surface area contributed by atoms with Crippen molar-refractivity contribution in [1.82, 2.24) is 4.63 Å². The van der Waals surface area contributed by atoms with E-state index in [4.69, 9.17) is 9.68 Å². The molecular formula is C25H31NO5S. The summed E-state index contributed by atoms with van der Waals surface area (Å²) in [6.07, 6.45) is 5.76. The molecule has 0 amide bonds. The summed E-state index contributed by atoms with van der Waals surface area (Å²) in [5.41, 5.74) is 3.63. The first-order valence-corrected chi connectivity index (χ1v) is 12.9. The van der Waals surface area contributed by atoms with E-state index < -0.39 is 10.3 Å². The molecule has 0 bridgehead atoms. The van der Waals surface area contributed by atoms with Crippen LogP contribution in [0.15, 0.2) is 54.6 Å². The van der Waals surface area contributed by atoms with E-state index >= 15 is 0 Å². The van der Waals surface area contributed by atoms with Gasteiger partial charge in [0, 0.05) is 0 Å². The van der Waals surface area contributed by atoms with Gasteiger partial charge in [-0.1, -0.05) is 61.5 Å². The highest BCUT2D eigenvalue weighted by Gasteiger charge is 2.56. The number of rotatable bonds is 6. The van der Waals surface area contributed by atoms with Crippen LogP contribution in [0.4, 0.5) is 0 Å². The molecule has 3 aliphatic carbocycles. The number of hydrogen-bond donors (Lipinski definition) is 1. The summed E-state index contributed by atoms with van der Waals surface area (Å²) in [4.78, 5) is 11.3. The third-order valence-corrected chi connectivity index (χ3v) is 8.70. The molecular weight excluding hydrogens is 426 g/mol. The number of fused-ring (bicyclic) bond motifs is 5. The van der Waals surface area contributed by atoms with E-state index in [-0.39, 0.29) is 18.1 Å². The standard InChI is InChI=1S/C25H31NO5S/c1-25-16-15-21-20-10-6-5-9-19(20)11-12-22(21)23(25)13-14-24(25)31-26(32(27,28)29)30-17-18-7-3-2-4-8-18/h2-10,21-24H,11-17H2,1H3,(H,27,28,29)/t21-,22-,23+,24+,25+/m1/s1. The fraction of sp³-hybridized carbons (Fsp3) is 0.520. The summed E-state index contributed by atoms with van der Waals surface area (Å²) >= 11 is 0. The predicted molar refractivity (Wildman–Crippen MR) is 121 cm³/mol. The minimum atomic E-state index is -4.66. The van der Waals surface area contributed by atoms with Crippen LogP contribution in [0.5, 0.6) is 0 Å². The molecule has 5 atom stereocenters. The lowest BCUT2D eigenvalue weighted by Crippen LogP contribution is -2.47. The summed E-state index contributed by atoms with van der Waals surface area (Å²) in [6.45, 7) is 2.22. The lowest BCUT2D eigenvalue weighted by Gasteiger charge is -2.50. The molecule has 2 aromatic carbocycles. The highest BCUT2D eigenvalue weighted by Crippen LogP contribution is 2.61. The summed E-state index contributed by atoms with van der Waals surface area (Å²) in [6, 6.07) is 18.0. The molecule has 2 aromatic rings. The molecule has 0 unspecified atom stereocenters. The lowest BCUT2D eigenvalue weighted by molar-refractivity contribution is -0.345. The van der Waals surface area contributed by atoms with Crippen molar-refractivity contribution < 1.29 is 22.6 Å². The smallest absolute Gasteiger partial charge is 0.270 e. The summed E-state index contributed by atoms with van der Waals surface area (Å²) < 4.78 is 34.1. The van der Waals surface area contributed by atoms with E-state index in [1.807, 2.05) is 30.3 Å². The molecule has 0 radical (unpaired) electrons. The van der Waals surface area contributed by atoms with E-state index in [1.165, 1.54) is 17.5 Å². The number of nitrogens with zero attached hydrogens (tertiary/aromatic N) is 1. The molecule has 0 saturated heterocycles. The molecule has 0 aromatic heterocycles. The second-order valence-corrected chi connectivity index (χ2v) is 11.0. The highest BCUT2D eigenvalue weighted by molar-refractivity contribution is 7.83. The largest absolute Gasteiger partial charge is 0.382 e. The molecule has 3 aliphatic rings. The van der Waals surface area contributed by atoms with Crippen LogP contribution in [0.2, 0.25) is 0 Å². The molecule has 0 heterocycles. The first-order valence-electron chi connectivity index (χ1n) is 11.6. The van der Waals surface area contributed by atoms with Crippen molar-refractivity contribution in [3.05, 3.63) is 71.3 Å². The predicted octanol–water partition coefficient (Wildman–Crippen LogP) is 5.08. The van der Waals surface area contributed by atoms with Gasteiger partial charge in [0.2, 0.25) is 0 Å². The number of benzene rings is 2. The summed E-state index contributed by atoms with van der Waals surface area (Å²) in [5.74, 6) is 1.63. The number of hydrogen-bond acceptors (Lipinski definition) is 4. The molecule has 2 saturated carbocycles. The monoisotopic (exact) mass is 457 g/mol. The molecule has 7 heteroatoms. The first kappa shape index (κ1) is 22.0. The van der Waals surface area contributed by atoms with Gasteiger partial charge in [-0.2, -0.15) is 8.42 Å². The third kappa shape index (κ3) is 4.01. The lowest BCUT2D eigenvalue weighted by atomic mass is 9.55. The van der Waals surface area contributed by atoms with E-state index in [0.29, 0.717) is 22.4 Å². The molecule has 32 heavy (non-hydrogen) atoms. The van der Waals surface area contributed by atoms with Gasteiger partial charge in [-0.15, -0.1) is 0 Å². The number of aryl methyl sites for hydroxylation is 1. The van der Waals surface area contributed by atoms with Crippen LogP contribution in [-0.4, -0.2) is 23.7 Å². The minimum Gasteiger partial charge on any atom is -0.270 e. The molecule has 2 fully saturated rings. The quantitative estimate of drug-likeness (QED) is 0.484. The fourth-order valence-corrected chi connectivity index (χ4v) is 7.00. The normalized spacial score (nSPS) is 31.7. The van der Waals surface area contributed by atoms with Crippen LogP contribution in [-0.2, 0) is 33.0 Å². The SMILES string of the molecule is C[C@]12CC[C@@H]3c4ccccc4CC[C@H]3[C@@H]1CC[C@@H]2ON(OCc1ccccc1)S(=O)(=O)O. The second kappa shape index (κ2) is 8.54. The Balaban J connectivity index is 1.32. The van der Waals surface area contributed by atoms with Crippen LogP contribution in [0, 0.1) is 17.3 Å². The Bertz CT molecular complexity index is 1060. The zero-order valence-electron chi connectivity index (χ0n) is 18.4. The van der Waals surface area contributed by atoms with Crippen molar-refractivity contribution in [2.75, 3.05) is 0 Å². The maximum Gasteiger partial charge on any atom is 0.382 e. The van der Waals surface area contributed by atoms with Crippen molar-refractivity contribution in [3.8, 4) is 0 Å². The third-order valence-electron chi connectivity index (χ3n) is 8.13. The fourth-order valence-electron chi connectivity index (χ4n) is 6.60. The molecule has 6 nitrogen and oxygen atoms in total. The Hall–Kier alpha value is -1.77. The van der Waals surface area contributed by atoms with E-state index in [1.54, 1.807) is 0 Å². The summed E-state index contributed by atoms with van der Waals surface area (Å²) in [7, 11) is -4.66. The van der Waals surface area contributed by atoms with Gasteiger partial charge in [-0.3, -0.25) is 14.2 Å². The average Bonchev–Trinajstić information content (AvgIpc) is 3.12. The highest BCUT2D eigenvalue weighted by atomic mass is 32.2. The Morgan fingerprint density at radius 1 is 1.03 bits per heavy atom. The maximum atomic E-state index is 12.0. The minimum absolute atomic E-state index is 0.00498. The van der Waals surface area contributed by atoms with E-state index in [2.05, 4.69) is 31.2 Å². The van der Waals surface area contributed by atoms with Gasteiger partial charge in [0.1, 0.15) is 0 Å². The Morgan fingerprint density at radius 3 is 2.56 bits per heavy atom. The molecule has 0 aliphatic heterocycles. The summed E-state index contributed by atoms with van der Waals surface area (Å²) in [5, 5.41) is 0. The van der Waals surface area contributed by atoms with Gasteiger partial charge in [0.25, 0.3) is 0 Å². The Morgan fingerprint density at radius 2 is 1.78 bits per heavy atom. The van der Waals surface area contributed by atoms with E-state index in [9.17, 15) is 13.0 Å². The van der Waals surface area contributed by atoms with Gasteiger partial charge in [-0.25, -0.2) is 0 Å². The second-order valence-electron chi connectivity index (χ2n) is 9.76. The van der Waals surface area contributed by atoms with Crippen molar-refractivity contribution >= 4 is 10.3 Å². The van der Waals surface area contributed by atoms with Gasteiger partial charge in [-0.05, 0) is 78.4 Å². The van der Waals surface area contributed by atoms with Gasteiger partial charge in [0.05, 0.1) is 17.3 Å². The molecule has 5 rings (SSSR count). The van der Waals surface area contributed by atoms with E-state index in [0.717, 1.165) is 37.7 Å². The van der Waals surface area contributed by atoms with Crippen LogP contribution in [0.3, 0.4) is 0 Å². The average molecular weight is 458 g/mol. The van der Waals surface area contributed by atoms with Gasteiger partial charge in [0.15, 0.2) is 0 Å². The van der Waals surface area contributed by atoms with Crippen LogP contribution in [0.25, 0.3) is 0 Å². The van der Waals surface area contributed by atoms with Gasteiger partial charge >= 0.3 is 10.3 Å².